The first-order valence-electron chi connectivity index (χ1n) is 8.12. The first-order chi connectivity index (χ1) is 10.3. The molecular weight excluding hydrogens is 272 g/mol. The van der Waals surface area contributed by atoms with Gasteiger partial charge in [0, 0.05) is 32.7 Å². The van der Waals surface area contributed by atoms with Crippen LogP contribution in [0, 0.1) is 5.92 Å². The molecule has 2 unspecified atom stereocenters. The molecule has 3 heterocycles. The number of ether oxygens (including phenoxy) is 3. The van der Waals surface area contributed by atoms with E-state index < -0.39 is 0 Å². The minimum Gasteiger partial charge on any atom is -0.461 e. The summed E-state index contributed by atoms with van der Waals surface area (Å²) in [4.78, 5) is 16.7. The van der Waals surface area contributed by atoms with Crippen LogP contribution in [0.4, 0.5) is 0 Å². The van der Waals surface area contributed by atoms with Gasteiger partial charge in [-0.1, -0.05) is 0 Å². The fraction of sp³-hybridized carbons (Fsp3) is 0.933. The number of esters is 1. The second-order valence-electron chi connectivity index (χ2n) is 6.15. The lowest BCUT2D eigenvalue weighted by Gasteiger charge is -2.28. The summed E-state index contributed by atoms with van der Waals surface area (Å²) in [6, 6.07) is 0. The summed E-state index contributed by atoms with van der Waals surface area (Å²) in [5, 5.41) is 0. The average Bonchev–Trinajstić information content (AvgIpc) is 2.87. The first-order valence-corrected chi connectivity index (χ1v) is 8.12. The Morgan fingerprint density at radius 3 is 2.24 bits per heavy atom. The Balaban J connectivity index is 1.39. The summed E-state index contributed by atoms with van der Waals surface area (Å²) in [6.45, 7) is 8.93. The van der Waals surface area contributed by atoms with E-state index in [9.17, 15) is 4.79 Å². The van der Waals surface area contributed by atoms with Crippen LogP contribution < -0.4 is 0 Å². The van der Waals surface area contributed by atoms with Gasteiger partial charge in [0.15, 0.2) is 0 Å². The Hall–Kier alpha value is -0.690. The zero-order chi connectivity index (χ0) is 14.5. The van der Waals surface area contributed by atoms with Crippen molar-refractivity contribution in [2.75, 3.05) is 65.7 Å². The lowest BCUT2D eigenvalue weighted by Crippen LogP contribution is -2.40. The minimum atomic E-state index is 0.00141. The van der Waals surface area contributed by atoms with E-state index in [2.05, 4.69) is 9.80 Å². The lowest BCUT2D eigenvalue weighted by molar-refractivity contribution is -0.145. The Bertz CT molecular complexity index is 341. The molecule has 0 N–H and O–H groups in total. The zero-order valence-corrected chi connectivity index (χ0v) is 12.7. The van der Waals surface area contributed by atoms with Crippen LogP contribution in [-0.4, -0.2) is 87.6 Å². The van der Waals surface area contributed by atoms with Crippen LogP contribution in [0.2, 0.25) is 0 Å². The molecule has 21 heavy (non-hydrogen) atoms. The molecule has 0 aromatic carbocycles. The van der Waals surface area contributed by atoms with Gasteiger partial charge in [-0.25, -0.2) is 0 Å². The molecule has 3 aliphatic heterocycles. The molecule has 3 aliphatic rings. The number of morpholine rings is 2. The van der Waals surface area contributed by atoms with Crippen molar-refractivity contribution in [1.29, 1.82) is 0 Å². The normalized spacial score (nSPS) is 32.3. The van der Waals surface area contributed by atoms with Crippen molar-refractivity contribution in [3.63, 3.8) is 0 Å². The van der Waals surface area contributed by atoms with E-state index in [0.717, 1.165) is 78.5 Å². The monoisotopic (exact) mass is 298 g/mol. The first kappa shape index (κ1) is 15.2. The summed E-state index contributed by atoms with van der Waals surface area (Å²) < 4.78 is 16.2. The van der Waals surface area contributed by atoms with Gasteiger partial charge in [0.1, 0.15) is 6.10 Å². The summed E-state index contributed by atoms with van der Waals surface area (Å²) >= 11 is 0. The van der Waals surface area contributed by atoms with Gasteiger partial charge < -0.3 is 14.2 Å². The number of carbonyl (C=O) groups excluding carboxylic acids is 1. The molecule has 0 saturated carbocycles. The maximum absolute atomic E-state index is 12.0. The summed E-state index contributed by atoms with van der Waals surface area (Å²) in [5.74, 6) is 0.0837. The van der Waals surface area contributed by atoms with Crippen LogP contribution in [0.25, 0.3) is 0 Å². The van der Waals surface area contributed by atoms with Crippen LogP contribution >= 0.6 is 0 Å². The molecule has 2 atom stereocenters. The van der Waals surface area contributed by atoms with Crippen molar-refractivity contribution >= 4 is 5.97 Å². The van der Waals surface area contributed by atoms with Crippen molar-refractivity contribution in [1.82, 2.24) is 9.80 Å². The van der Waals surface area contributed by atoms with Crippen molar-refractivity contribution < 1.29 is 19.0 Å². The highest BCUT2D eigenvalue weighted by Crippen LogP contribution is 2.25. The van der Waals surface area contributed by atoms with Gasteiger partial charge in [0.2, 0.25) is 0 Å². The largest absolute Gasteiger partial charge is 0.461 e. The molecule has 0 aromatic heterocycles. The molecule has 0 aromatic rings. The number of hydrogen-bond acceptors (Lipinski definition) is 6. The van der Waals surface area contributed by atoms with Crippen molar-refractivity contribution in [3.8, 4) is 0 Å². The van der Waals surface area contributed by atoms with Gasteiger partial charge in [-0.2, -0.15) is 0 Å². The number of carbonyl (C=O) groups is 1. The van der Waals surface area contributed by atoms with Crippen molar-refractivity contribution in [3.05, 3.63) is 0 Å². The molecule has 6 nitrogen and oxygen atoms in total. The van der Waals surface area contributed by atoms with Gasteiger partial charge in [-0.15, -0.1) is 0 Å². The van der Waals surface area contributed by atoms with Gasteiger partial charge in [-0.05, 0) is 19.4 Å². The van der Waals surface area contributed by atoms with E-state index in [4.69, 9.17) is 14.2 Å². The predicted octanol–water partition coefficient (Wildman–Crippen LogP) is -0.0274. The second-order valence-corrected chi connectivity index (χ2v) is 6.15. The quantitative estimate of drug-likeness (QED) is 0.665. The standard InChI is InChI=1S/C15H26N2O4/c18-15-13(1-2-16-3-7-19-8-4-16)11-14(21-15)12-17-5-9-20-10-6-17/h13-14H,1-12H2. The lowest BCUT2D eigenvalue weighted by atomic mass is 10.0. The second kappa shape index (κ2) is 7.54. The third kappa shape index (κ3) is 4.39. The van der Waals surface area contributed by atoms with E-state index in [1.807, 2.05) is 0 Å². The van der Waals surface area contributed by atoms with Gasteiger partial charge in [0.05, 0.1) is 32.3 Å². The maximum atomic E-state index is 12.0. The van der Waals surface area contributed by atoms with E-state index in [-0.39, 0.29) is 18.0 Å². The number of cyclic esters (lactones) is 1. The molecule has 120 valence electrons. The highest BCUT2D eigenvalue weighted by Gasteiger charge is 2.35. The van der Waals surface area contributed by atoms with Crippen LogP contribution in [-0.2, 0) is 19.0 Å². The molecule has 3 rings (SSSR count). The van der Waals surface area contributed by atoms with E-state index in [1.54, 1.807) is 0 Å². The van der Waals surface area contributed by atoms with Gasteiger partial charge >= 0.3 is 5.97 Å². The highest BCUT2D eigenvalue weighted by atomic mass is 16.6. The summed E-state index contributed by atoms with van der Waals surface area (Å²) in [6.07, 6.45) is 1.86. The number of rotatable bonds is 5. The van der Waals surface area contributed by atoms with Crippen molar-refractivity contribution in [2.45, 2.75) is 18.9 Å². The Morgan fingerprint density at radius 2 is 1.57 bits per heavy atom. The molecule has 0 radical (unpaired) electrons. The van der Waals surface area contributed by atoms with Gasteiger partial charge in [-0.3, -0.25) is 14.6 Å². The van der Waals surface area contributed by atoms with Crippen LogP contribution in [0.5, 0.6) is 0 Å². The van der Waals surface area contributed by atoms with Crippen molar-refractivity contribution in [2.24, 2.45) is 5.92 Å². The zero-order valence-electron chi connectivity index (χ0n) is 12.7. The summed E-state index contributed by atoms with van der Waals surface area (Å²) in [5.41, 5.74) is 0. The summed E-state index contributed by atoms with van der Waals surface area (Å²) in [7, 11) is 0. The van der Waals surface area contributed by atoms with E-state index in [1.165, 1.54) is 0 Å². The molecule has 3 saturated heterocycles. The third-order valence-electron chi connectivity index (χ3n) is 4.63. The molecule has 0 bridgehead atoms. The third-order valence-corrected chi connectivity index (χ3v) is 4.63. The van der Waals surface area contributed by atoms with Crippen LogP contribution in [0.1, 0.15) is 12.8 Å². The number of hydrogen-bond donors (Lipinski definition) is 0. The fourth-order valence-electron chi connectivity index (χ4n) is 3.30. The fourth-order valence-corrected chi connectivity index (χ4v) is 3.30. The minimum absolute atomic E-state index is 0.00141. The smallest absolute Gasteiger partial charge is 0.309 e. The van der Waals surface area contributed by atoms with E-state index in [0.29, 0.717) is 0 Å². The number of nitrogens with zero attached hydrogens (tertiary/aromatic N) is 2. The topological polar surface area (TPSA) is 51.2 Å². The SMILES string of the molecule is O=C1OC(CN2CCOCC2)CC1CCN1CCOCC1. The Kier molecular flexibility index (Phi) is 5.46. The van der Waals surface area contributed by atoms with Crippen LogP contribution in [0.3, 0.4) is 0 Å². The maximum Gasteiger partial charge on any atom is 0.309 e. The molecular formula is C15H26N2O4. The molecule has 0 spiro atoms. The molecule has 3 fully saturated rings. The van der Waals surface area contributed by atoms with E-state index >= 15 is 0 Å². The Labute approximate surface area is 126 Å². The highest BCUT2D eigenvalue weighted by molar-refractivity contribution is 5.74. The molecule has 0 aliphatic carbocycles. The predicted molar refractivity (Wildman–Crippen MR) is 77.1 cm³/mol. The van der Waals surface area contributed by atoms with Crippen LogP contribution in [0.15, 0.2) is 0 Å². The molecule has 6 heteroatoms. The van der Waals surface area contributed by atoms with Gasteiger partial charge in [0.25, 0.3) is 0 Å². The average molecular weight is 298 g/mol. The molecule has 0 amide bonds. The Morgan fingerprint density at radius 1 is 0.952 bits per heavy atom.